The summed E-state index contributed by atoms with van der Waals surface area (Å²) in [5.74, 6) is 1.52. The summed E-state index contributed by atoms with van der Waals surface area (Å²) in [6.45, 7) is 5.63. The summed E-state index contributed by atoms with van der Waals surface area (Å²) < 4.78 is 7.82. The van der Waals surface area contributed by atoms with Crippen molar-refractivity contribution < 1.29 is 14.3 Å². The van der Waals surface area contributed by atoms with Crippen molar-refractivity contribution in [2.45, 2.75) is 27.4 Å². The van der Waals surface area contributed by atoms with Gasteiger partial charge in [0.25, 0.3) is 0 Å². The molecule has 2 aromatic heterocycles. The molecule has 0 aliphatic rings. The fourth-order valence-corrected chi connectivity index (χ4v) is 4.22. The molecule has 0 saturated carbocycles. The van der Waals surface area contributed by atoms with Gasteiger partial charge in [0.1, 0.15) is 24.0 Å². The Morgan fingerprint density at radius 3 is 2.41 bits per heavy atom. The van der Waals surface area contributed by atoms with Crippen LogP contribution in [0, 0.1) is 13.8 Å². The minimum Gasteiger partial charge on any atom is -0.488 e. The molecule has 0 radical (unpaired) electrons. The number of pyridine rings is 1. The van der Waals surface area contributed by atoms with Crippen LogP contribution in [0.25, 0.3) is 16.5 Å². The molecular formula is C30H28N6O3. The molecule has 39 heavy (non-hydrogen) atoms. The first kappa shape index (κ1) is 25.5. The van der Waals surface area contributed by atoms with E-state index >= 15 is 0 Å². The van der Waals surface area contributed by atoms with E-state index in [9.17, 15) is 9.59 Å². The summed E-state index contributed by atoms with van der Waals surface area (Å²) in [6, 6.07) is 24.3. The van der Waals surface area contributed by atoms with Crippen molar-refractivity contribution in [3.05, 3.63) is 102 Å². The van der Waals surface area contributed by atoms with E-state index in [1.54, 1.807) is 16.9 Å². The van der Waals surface area contributed by atoms with Gasteiger partial charge >= 0.3 is 6.03 Å². The highest BCUT2D eigenvalue weighted by Crippen LogP contribution is 2.32. The molecule has 0 aliphatic heterocycles. The second-order valence-electron chi connectivity index (χ2n) is 9.17. The van der Waals surface area contributed by atoms with Crippen LogP contribution in [0.5, 0.6) is 5.75 Å². The van der Waals surface area contributed by atoms with E-state index in [1.807, 2.05) is 86.6 Å². The summed E-state index contributed by atoms with van der Waals surface area (Å²) in [5, 5.41) is 14.8. The number of carbonyl (C=O) groups excluding carboxylic acids is 2. The van der Waals surface area contributed by atoms with Crippen LogP contribution >= 0.6 is 0 Å². The van der Waals surface area contributed by atoms with Gasteiger partial charge in [-0.2, -0.15) is 5.10 Å². The van der Waals surface area contributed by atoms with Crippen molar-refractivity contribution in [2.75, 3.05) is 16.0 Å². The molecule has 0 spiro atoms. The molecular weight excluding hydrogens is 492 g/mol. The Kier molecular flexibility index (Phi) is 7.22. The van der Waals surface area contributed by atoms with Gasteiger partial charge in [0.05, 0.1) is 17.1 Å². The highest BCUT2D eigenvalue weighted by molar-refractivity contribution is 6.07. The number of rotatable bonds is 7. The smallest absolute Gasteiger partial charge is 0.324 e. The molecule has 3 aromatic carbocycles. The van der Waals surface area contributed by atoms with E-state index in [1.165, 1.54) is 6.92 Å². The first-order chi connectivity index (χ1) is 18.9. The maximum Gasteiger partial charge on any atom is 0.324 e. The van der Waals surface area contributed by atoms with E-state index in [4.69, 9.17) is 4.74 Å². The minimum absolute atomic E-state index is 0.187. The summed E-state index contributed by atoms with van der Waals surface area (Å²) in [5.41, 5.74) is 4.29. The highest BCUT2D eigenvalue weighted by atomic mass is 16.5. The summed E-state index contributed by atoms with van der Waals surface area (Å²) in [7, 11) is 0. The topological polar surface area (TPSA) is 110 Å². The van der Waals surface area contributed by atoms with Crippen molar-refractivity contribution in [1.29, 1.82) is 0 Å². The lowest BCUT2D eigenvalue weighted by atomic mass is 10.1. The third-order valence-electron chi connectivity index (χ3n) is 6.01. The number of hydrogen-bond acceptors (Lipinski definition) is 5. The number of fused-ring (bicyclic) bond motifs is 1. The Bertz CT molecular complexity index is 1660. The molecule has 0 atom stereocenters. The zero-order chi connectivity index (χ0) is 27.4. The number of nitrogens with one attached hydrogen (secondary N) is 3. The van der Waals surface area contributed by atoms with Gasteiger partial charge in [-0.05, 0) is 55.8 Å². The third-order valence-corrected chi connectivity index (χ3v) is 6.01. The monoisotopic (exact) mass is 520 g/mol. The largest absolute Gasteiger partial charge is 0.488 e. The SMILES string of the molecule is CC(=O)Nc1cc(COc2ccc(NC(=O)Nc3cc(C)nn3-c3ccc(C)cc3)c3ccccc23)ccn1. The van der Waals surface area contributed by atoms with Crippen LogP contribution in [0.4, 0.5) is 22.1 Å². The quantitative estimate of drug-likeness (QED) is 0.236. The Labute approximate surface area is 225 Å². The molecule has 5 aromatic rings. The lowest BCUT2D eigenvalue weighted by Crippen LogP contribution is -2.21. The molecule has 196 valence electrons. The molecule has 0 aliphatic carbocycles. The van der Waals surface area contributed by atoms with E-state index in [2.05, 4.69) is 26.0 Å². The van der Waals surface area contributed by atoms with Crippen LogP contribution < -0.4 is 20.7 Å². The van der Waals surface area contributed by atoms with Crippen molar-refractivity contribution in [3.8, 4) is 11.4 Å². The van der Waals surface area contributed by atoms with E-state index in [0.29, 0.717) is 23.1 Å². The van der Waals surface area contributed by atoms with Crippen LogP contribution in [0.1, 0.15) is 23.7 Å². The number of ether oxygens (including phenoxy) is 1. The number of hydrogen-bond donors (Lipinski definition) is 3. The zero-order valence-corrected chi connectivity index (χ0v) is 21.9. The molecule has 0 unspecified atom stereocenters. The lowest BCUT2D eigenvalue weighted by molar-refractivity contribution is -0.114. The second-order valence-corrected chi connectivity index (χ2v) is 9.17. The number of carbonyl (C=O) groups is 2. The fourth-order valence-electron chi connectivity index (χ4n) is 4.22. The molecule has 5 rings (SSSR count). The predicted octanol–water partition coefficient (Wildman–Crippen LogP) is 6.22. The zero-order valence-electron chi connectivity index (χ0n) is 21.9. The number of aromatic nitrogens is 3. The van der Waals surface area contributed by atoms with Crippen molar-refractivity contribution in [3.63, 3.8) is 0 Å². The average Bonchev–Trinajstić information content (AvgIpc) is 3.28. The molecule has 2 heterocycles. The van der Waals surface area contributed by atoms with Gasteiger partial charge in [0, 0.05) is 30.0 Å². The van der Waals surface area contributed by atoms with Gasteiger partial charge in [0.2, 0.25) is 5.91 Å². The van der Waals surface area contributed by atoms with Crippen LogP contribution in [-0.4, -0.2) is 26.7 Å². The molecule has 9 nitrogen and oxygen atoms in total. The molecule has 0 fully saturated rings. The normalized spacial score (nSPS) is 10.7. The van der Waals surface area contributed by atoms with Crippen LogP contribution in [-0.2, 0) is 11.4 Å². The first-order valence-electron chi connectivity index (χ1n) is 12.4. The van der Waals surface area contributed by atoms with Gasteiger partial charge < -0.3 is 15.4 Å². The standard InChI is InChI=1S/C30H28N6O3/c1-19-8-10-23(11-9-19)36-29(16-20(2)35-36)34-30(38)33-26-12-13-27(25-7-5-4-6-24(25)26)39-18-22-14-15-31-28(17-22)32-21(3)37/h4-17H,18H2,1-3H3,(H,31,32,37)(H2,33,34,38). The van der Waals surface area contributed by atoms with Crippen molar-refractivity contribution in [2.24, 2.45) is 0 Å². The fraction of sp³-hybridized carbons (Fsp3) is 0.133. The van der Waals surface area contributed by atoms with Crippen LogP contribution in [0.15, 0.2) is 85.1 Å². The summed E-state index contributed by atoms with van der Waals surface area (Å²) >= 11 is 0. The van der Waals surface area contributed by atoms with E-state index < -0.39 is 0 Å². The highest BCUT2D eigenvalue weighted by Gasteiger charge is 2.14. The van der Waals surface area contributed by atoms with Crippen molar-refractivity contribution in [1.82, 2.24) is 14.8 Å². The summed E-state index contributed by atoms with van der Waals surface area (Å²) in [4.78, 5) is 28.5. The Balaban J connectivity index is 1.33. The molecule has 9 heteroatoms. The number of aryl methyl sites for hydroxylation is 2. The van der Waals surface area contributed by atoms with Crippen LogP contribution in [0.2, 0.25) is 0 Å². The Morgan fingerprint density at radius 2 is 1.64 bits per heavy atom. The van der Waals surface area contributed by atoms with Gasteiger partial charge in [-0.1, -0.05) is 42.0 Å². The lowest BCUT2D eigenvalue weighted by Gasteiger charge is -2.15. The van der Waals surface area contributed by atoms with Gasteiger partial charge in [-0.25, -0.2) is 14.5 Å². The average molecular weight is 521 g/mol. The number of urea groups is 1. The summed E-state index contributed by atoms with van der Waals surface area (Å²) in [6.07, 6.45) is 1.62. The number of benzene rings is 3. The third kappa shape index (κ3) is 6.04. The van der Waals surface area contributed by atoms with Crippen molar-refractivity contribution >= 4 is 40.0 Å². The molecule has 3 amide bonds. The number of nitrogens with zero attached hydrogens (tertiary/aromatic N) is 3. The molecule has 0 bridgehead atoms. The Hall–Kier alpha value is -5.18. The minimum atomic E-state index is -0.385. The first-order valence-corrected chi connectivity index (χ1v) is 12.4. The maximum absolute atomic E-state index is 13.0. The van der Waals surface area contributed by atoms with Gasteiger partial charge in [-0.3, -0.25) is 10.1 Å². The van der Waals surface area contributed by atoms with Gasteiger partial charge in [-0.15, -0.1) is 0 Å². The predicted molar refractivity (Wildman–Crippen MR) is 153 cm³/mol. The second kappa shape index (κ2) is 11.1. The number of amides is 3. The molecule has 3 N–H and O–H groups in total. The Morgan fingerprint density at radius 1 is 0.872 bits per heavy atom. The van der Waals surface area contributed by atoms with Crippen LogP contribution in [0.3, 0.4) is 0 Å². The number of anilines is 3. The van der Waals surface area contributed by atoms with E-state index in [0.717, 1.165) is 33.3 Å². The van der Waals surface area contributed by atoms with Gasteiger partial charge in [0.15, 0.2) is 0 Å². The maximum atomic E-state index is 13.0. The van der Waals surface area contributed by atoms with E-state index in [-0.39, 0.29) is 18.5 Å². The molecule has 0 saturated heterocycles.